The molecule has 1 rings (SSSR count). The molecule has 0 bridgehead atoms. The molecule has 0 aliphatic rings. The summed E-state index contributed by atoms with van der Waals surface area (Å²) in [5, 5.41) is 8.88. The first-order chi connectivity index (χ1) is 6.15. The van der Waals surface area contributed by atoms with Gasteiger partial charge >= 0.3 is 0 Å². The van der Waals surface area contributed by atoms with Gasteiger partial charge in [0.15, 0.2) is 0 Å². The van der Waals surface area contributed by atoms with Crippen LogP contribution in [-0.4, -0.2) is 25.8 Å². The third-order valence-electron chi connectivity index (χ3n) is 2.01. The number of hydrogen-bond donors (Lipinski definition) is 2. The Balaban J connectivity index is 2.91. The lowest BCUT2D eigenvalue weighted by Crippen LogP contribution is -2.15. The molecule has 0 aromatic heterocycles. The second-order valence-electron chi connectivity index (χ2n) is 3.28. The molecule has 0 fully saturated rings. The summed E-state index contributed by atoms with van der Waals surface area (Å²) >= 11 is 0. The summed E-state index contributed by atoms with van der Waals surface area (Å²) in [7, 11) is 3.95. The summed E-state index contributed by atoms with van der Waals surface area (Å²) in [6, 6.07) is 7.59. The number of nitrogens with zero attached hydrogens (tertiary/aromatic N) is 1. The van der Waals surface area contributed by atoms with E-state index >= 15 is 0 Å². The predicted molar refractivity (Wildman–Crippen MR) is 54.8 cm³/mol. The molecule has 0 heterocycles. The standard InChI is InChI=1S/C10H16N2O/c1-12(2)9-5-3-4-8(6-9)10(11)7-13/h3-6,10,13H,7,11H2,1-2H3/t10-/m1/s1. The molecule has 13 heavy (non-hydrogen) atoms. The minimum Gasteiger partial charge on any atom is -0.394 e. The first-order valence-electron chi connectivity index (χ1n) is 4.29. The Kier molecular flexibility index (Phi) is 3.28. The maximum absolute atomic E-state index is 8.88. The zero-order valence-electron chi connectivity index (χ0n) is 8.07. The quantitative estimate of drug-likeness (QED) is 0.721. The molecule has 0 spiro atoms. The molecule has 3 heteroatoms. The summed E-state index contributed by atoms with van der Waals surface area (Å²) in [6.45, 7) is -0.0170. The van der Waals surface area contributed by atoms with Crippen molar-refractivity contribution in [1.82, 2.24) is 0 Å². The van der Waals surface area contributed by atoms with E-state index in [1.54, 1.807) is 0 Å². The molecule has 0 saturated heterocycles. The van der Waals surface area contributed by atoms with Gasteiger partial charge in [-0.25, -0.2) is 0 Å². The Bertz CT molecular complexity index is 273. The lowest BCUT2D eigenvalue weighted by atomic mass is 10.1. The van der Waals surface area contributed by atoms with E-state index < -0.39 is 0 Å². The van der Waals surface area contributed by atoms with Gasteiger partial charge in [0.05, 0.1) is 12.6 Å². The lowest BCUT2D eigenvalue weighted by Gasteiger charge is -2.15. The van der Waals surface area contributed by atoms with Crippen LogP contribution in [0.15, 0.2) is 24.3 Å². The van der Waals surface area contributed by atoms with Gasteiger partial charge in [-0.05, 0) is 17.7 Å². The van der Waals surface area contributed by atoms with Gasteiger partial charge in [-0.1, -0.05) is 12.1 Å². The minimum atomic E-state index is -0.278. The highest BCUT2D eigenvalue weighted by molar-refractivity contribution is 5.47. The normalized spacial score (nSPS) is 12.6. The van der Waals surface area contributed by atoms with Gasteiger partial charge in [0.2, 0.25) is 0 Å². The maximum atomic E-state index is 8.88. The third kappa shape index (κ3) is 2.44. The molecule has 0 radical (unpaired) electrons. The van der Waals surface area contributed by atoms with Crippen LogP contribution in [0.3, 0.4) is 0 Å². The summed E-state index contributed by atoms with van der Waals surface area (Å²) in [5.74, 6) is 0. The van der Waals surface area contributed by atoms with Gasteiger partial charge in [0.1, 0.15) is 0 Å². The molecule has 0 amide bonds. The molecule has 1 aromatic carbocycles. The number of hydrogen-bond acceptors (Lipinski definition) is 3. The Hall–Kier alpha value is -1.06. The van der Waals surface area contributed by atoms with Crippen LogP contribution in [-0.2, 0) is 0 Å². The fraction of sp³-hybridized carbons (Fsp3) is 0.400. The number of benzene rings is 1. The fourth-order valence-corrected chi connectivity index (χ4v) is 1.14. The van der Waals surface area contributed by atoms with E-state index in [4.69, 9.17) is 10.8 Å². The lowest BCUT2D eigenvalue weighted by molar-refractivity contribution is 0.268. The van der Waals surface area contributed by atoms with Crippen molar-refractivity contribution in [1.29, 1.82) is 0 Å². The van der Waals surface area contributed by atoms with Crippen LogP contribution in [0.1, 0.15) is 11.6 Å². The molecule has 0 aliphatic carbocycles. The molecule has 0 saturated carbocycles. The van der Waals surface area contributed by atoms with E-state index in [-0.39, 0.29) is 12.6 Å². The molecular formula is C10H16N2O. The van der Waals surface area contributed by atoms with Gasteiger partial charge in [-0.2, -0.15) is 0 Å². The van der Waals surface area contributed by atoms with Crippen molar-refractivity contribution < 1.29 is 5.11 Å². The average molecular weight is 180 g/mol. The molecule has 0 unspecified atom stereocenters. The average Bonchev–Trinajstić information content (AvgIpc) is 2.17. The van der Waals surface area contributed by atoms with Crippen LogP contribution < -0.4 is 10.6 Å². The zero-order chi connectivity index (χ0) is 9.84. The monoisotopic (exact) mass is 180 g/mol. The summed E-state index contributed by atoms with van der Waals surface area (Å²) in [6.07, 6.45) is 0. The maximum Gasteiger partial charge on any atom is 0.0624 e. The van der Waals surface area contributed by atoms with Crippen LogP contribution in [0, 0.1) is 0 Å². The second kappa shape index (κ2) is 4.25. The van der Waals surface area contributed by atoms with Crippen LogP contribution >= 0.6 is 0 Å². The van der Waals surface area contributed by atoms with E-state index in [2.05, 4.69) is 0 Å². The molecular weight excluding hydrogens is 164 g/mol. The van der Waals surface area contributed by atoms with Gasteiger partial charge in [-0.3, -0.25) is 0 Å². The SMILES string of the molecule is CN(C)c1cccc([C@H](N)CO)c1. The van der Waals surface area contributed by atoms with E-state index in [0.717, 1.165) is 11.3 Å². The van der Waals surface area contributed by atoms with Gasteiger partial charge in [0, 0.05) is 19.8 Å². The van der Waals surface area contributed by atoms with E-state index in [1.165, 1.54) is 0 Å². The summed E-state index contributed by atoms with van der Waals surface area (Å²) in [5.41, 5.74) is 7.76. The van der Waals surface area contributed by atoms with Crippen LogP contribution in [0.2, 0.25) is 0 Å². The van der Waals surface area contributed by atoms with Gasteiger partial charge in [0.25, 0.3) is 0 Å². The first kappa shape index (κ1) is 10.0. The smallest absolute Gasteiger partial charge is 0.0624 e. The van der Waals surface area contributed by atoms with Crippen molar-refractivity contribution in [3.63, 3.8) is 0 Å². The number of aliphatic hydroxyl groups is 1. The van der Waals surface area contributed by atoms with Crippen molar-refractivity contribution in [3.05, 3.63) is 29.8 Å². The minimum absolute atomic E-state index is 0.0170. The summed E-state index contributed by atoms with van der Waals surface area (Å²) < 4.78 is 0. The number of anilines is 1. The van der Waals surface area contributed by atoms with Crippen molar-refractivity contribution in [3.8, 4) is 0 Å². The largest absolute Gasteiger partial charge is 0.394 e. The Morgan fingerprint density at radius 2 is 2.15 bits per heavy atom. The number of nitrogens with two attached hydrogens (primary N) is 1. The van der Waals surface area contributed by atoms with Crippen molar-refractivity contribution >= 4 is 5.69 Å². The van der Waals surface area contributed by atoms with Crippen LogP contribution in [0.4, 0.5) is 5.69 Å². The van der Waals surface area contributed by atoms with Crippen LogP contribution in [0.5, 0.6) is 0 Å². The number of aliphatic hydroxyl groups excluding tert-OH is 1. The molecule has 1 aromatic rings. The van der Waals surface area contributed by atoms with Crippen LogP contribution in [0.25, 0.3) is 0 Å². The molecule has 0 aliphatic heterocycles. The van der Waals surface area contributed by atoms with Gasteiger partial charge in [-0.15, -0.1) is 0 Å². The predicted octanol–water partition coefficient (Wildman–Crippen LogP) is 0.745. The number of rotatable bonds is 3. The zero-order valence-corrected chi connectivity index (χ0v) is 8.07. The Labute approximate surface area is 78.8 Å². The summed E-state index contributed by atoms with van der Waals surface area (Å²) in [4.78, 5) is 2.01. The fourth-order valence-electron chi connectivity index (χ4n) is 1.14. The van der Waals surface area contributed by atoms with Crippen molar-refractivity contribution in [2.75, 3.05) is 25.6 Å². The highest BCUT2D eigenvalue weighted by Crippen LogP contribution is 2.17. The highest BCUT2D eigenvalue weighted by atomic mass is 16.3. The van der Waals surface area contributed by atoms with E-state index in [9.17, 15) is 0 Å². The first-order valence-corrected chi connectivity index (χ1v) is 4.29. The third-order valence-corrected chi connectivity index (χ3v) is 2.01. The molecule has 3 nitrogen and oxygen atoms in total. The Morgan fingerprint density at radius 3 is 2.69 bits per heavy atom. The topological polar surface area (TPSA) is 49.5 Å². The molecule has 1 atom stereocenters. The Morgan fingerprint density at radius 1 is 1.46 bits per heavy atom. The van der Waals surface area contributed by atoms with Gasteiger partial charge < -0.3 is 15.7 Å². The molecule has 3 N–H and O–H groups in total. The highest BCUT2D eigenvalue weighted by Gasteiger charge is 2.04. The van der Waals surface area contributed by atoms with Crippen molar-refractivity contribution in [2.24, 2.45) is 5.73 Å². The van der Waals surface area contributed by atoms with E-state index in [1.807, 2.05) is 43.3 Å². The van der Waals surface area contributed by atoms with Crippen molar-refractivity contribution in [2.45, 2.75) is 6.04 Å². The molecule has 72 valence electrons. The van der Waals surface area contributed by atoms with E-state index in [0.29, 0.717) is 0 Å². The second-order valence-corrected chi connectivity index (χ2v) is 3.28.